The van der Waals surface area contributed by atoms with Crippen molar-refractivity contribution < 1.29 is 4.79 Å². The third-order valence-electron chi connectivity index (χ3n) is 4.32. The maximum absolute atomic E-state index is 12.7. The van der Waals surface area contributed by atoms with Gasteiger partial charge in [0.05, 0.1) is 17.8 Å². The predicted molar refractivity (Wildman–Crippen MR) is 88.8 cm³/mol. The zero-order valence-corrected chi connectivity index (χ0v) is 13.7. The van der Waals surface area contributed by atoms with Gasteiger partial charge >= 0.3 is 0 Å². The Morgan fingerprint density at radius 3 is 2.67 bits per heavy atom. The van der Waals surface area contributed by atoms with Crippen LogP contribution in [0.15, 0.2) is 29.2 Å². The van der Waals surface area contributed by atoms with Crippen LogP contribution in [-0.4, -0.2) is 36.4 Å². The van der Waals surface area contributed by atoms with E-state index in [4.69, 9.17) is 0 Å². The summed E-state index contributed by atoms with van der Waals surface area (Å²) in [5, 5.41) is 4.37. The first kappa shape index (κ1) is 14.6. The van der Waals surface area contributed by atoms with Crippen LogP contribution in [0.4, 0.5) is 0 Å². The molecule has 0 saturated heterocycles. The molecule has 3 aromatic heterocycles. The van der Waals surface area contributed by atoms with E-state index in [9.17, 15) is 9.59 Å². The highest BCUT2D eigenvalue weighted by atomic mass is 16.2. The molecule has 0 spiro atoms. The van der Waals surface area contributed by atoms with Crippen molar-refractivity contribution in [2.75, 3.05) is 0 Å². The Labute approximate surface area is 138 Å². The molecule has 0 bridgehead atoms. The van der Waals surface area contributed by atoms with Crippen molar-refractivity contribution >= 4 is 11.6 Å². The largest absolute Gasteiger partial charge is 0.335 e. The zero-order chi connectivity index (χ0) is 17.0. The van der Waals surface area contributed by atoms with E-state index in [0.717, 1.165) is 5.56 Å². The molecule has 7 heteroatoms. The molecule has 0 atom stereocenters. The number of aromatic amines is 1. The van der Waals surface area contributed by atoms with Crippen LogP contribution in [0.3, 0.4) is 0 Å². The summed E-state index contributed by atoms with van der Waals surface area (Å²) in [6, 6.07) is 5.58. The quantitative estimate of drug-likeness (QED) is 0.779. The highest BCUT2D eigenvalue weighted by Crippen LogP contribution is 2.22. The molecular weight excluding hydrogens is 306 g/mol. The highest BCUT2D eigenvalue weighted by Gasteiger charge is 2.33. The first-order valence-electron chi connectivity index (χ1n) is 7.84. The number of nitrogens with zero attached hydrogens (tertiary/aromatic N) is 4. The molecule has 1 N–H and O–H groups in total. The van der Waals surface area contributed by atoms with Gasteiger partial charge in [-0.05, 0) is 32.4 Å². The summed E-state index contributed by atoms with van der Waals surface area (Å²) in [6.07, 6.45) is 1.76. The Balaban J connectivity index is 1.87. The predicted octanol–water partition coefficient (Wildman–Crippen LogP) is 1.76. The standard InChI is InChI=1S/C17H17N5O2/c1-9(2)21-8-11-15(17(21)24)19-14-6-13(20-22(14)16(11)23)12-5-4-10(3)7-18-12/h4-7,9,19H,8H2,1-3H3. The number of carbonyl (C=O) groups is 1. The Morgan fingerprint density at radius 1 is 1.21 bits per heavy atom. The second-order valence-electron chi connectivity index (χ2n) is 6.36. The number of fused-ring (bicyclic) bond motifs is 2. The van der Waals surface area contributed by atoms with Crippen molar-refractivity contribution in [2.45, 2.75) is 33.4 Å². The summed E-state index contributed by atoms with van der Waals surface area (Å²) < 4.78 is 1.31. The van der Waals surface area contributed by atoms with E-state index in [0.29, 0.717) is 34.8 Å². The fraction of sp³-hybridized carbons (Fsp3) is 0.294. The SMILES string of the molecule is Cc1ccc(-c2cc3[nH]c4c(c(=O)n3n2)CN(C(C)C)C4=O)nc1. The molecule has 0 aromatic carbocycles. The number of nitrogens with one attached hydrogen (secondary N) is 1. The number of amides is 1. The van der Waals surface area contributed by atoms with E-state index in [1.54, 1.807) is 17.2 Å². The van der Waals surface area contributed by atoms with Gasteiger partial charge in [-0.15, -0.1) is 0 Å². The van der Waals surface area contributed by atoms with Crippen LogP contribution in [0, 0.1) is 6.92 Å². The van der Waals surface area contributed by atoms with Gasteiger partial charge in [-0.3, -0.25) is 14.6 Å². The first-order valence-corrected chi connectivity index (χ1v) is 7.84. The molecule has 24 heavy (non-hydrogen) atoms. The molecule has 0 saturated carbocycles. The first-order chi connectivity index (χ1) is 11.5. The van der Waals surface area contributed by atoms with E-state index in [1.165, 1.54) is 4.52 Å². The van der Waals surface area contributed by atoms with Gasteiger partial charge in [0.15, 0.2) is 0 Å². The summed E-state index contributed by atoms with van der Waals surface area (Å²) in [7, 11) is 0. The molecule has 0 radical (unpaired) electrons. The molecule has 1 amide bonds. The molecule has 4 heterocycles. The van der Waals surface area contributed by atoms with Crippen molar-refractivity contribution in [3.63, 3.8) is 0 Å². The summed E-state index contributed by atoms with van der Waals surface area (Å²) in [5.41, 5.74) is 3.41. The molecule has 0 fully saturated rings. The lowest BCUT2D eigenvalue weighted by Gasteiger charge is -2.19. The van der Waals surface area contributed by atoms with Gasteiger partial charge in [0.1, 0.15) is 17.0 Å². The Morgan fingerprint density at radius 2 is 2.00 bits per heavy atom. The lowest BCUT2D eigenvalue weighted by molar-refractivity contribution is 0.0726. The minimum atomic E-state index is -0.256. The molecule has 1 aliphatic heterocycles. The summed E-state index contributed by atoms with van der Waals surface area (Å²) >= 11 is 0. The number of hydrogen-bond donors (Lipinski definition) is 1. The van der Waals surface area contributed by atoms with Crippen LogP contribution in [0.1, 0.15) is 35.5 Å². The van der Waals surface area contributed by atoms with Crippen molar-refractivity contribution in [3.05, 3.63) is 51.6 Å². The molecule has 7 nitrogen and oxygen atoms in total. The number of rotatable bonds is 2. The van der Waals surface area contributed by atoms with E-state index >= 15 is 0 Å². The molecular formula is C17H17N5O2. The molecule has 122 valence electrons. The van der Waals surface area contributed by atoms with Gasteiger partial charge in [0, 0.05) is 18.3 Å². The summed E-state index contributed by atoms with van der Waals surface area (Å²) in [6.45, 7) is 6.14. The van der Waals surface area contributed by atoms with Crippen molar-refractivity contribution in [1.82, 2.24) is 24.5 Å². The molecule has 0 unspecified atom stereocenters. The van der Waals surface area contributed by atoms with Crippen LogP contribution in [-0.2, 0) is 6.54 Å². The summed E-state index contributed by atoms with van der Waals surface area (Å²) in [4.78, 5) is 34.2. The Kier molecular flexibility index (Phi) is 3.06. The van der Waals surface area contributed by atoms with Crippen molar-refractivity contribution in [3.8, 4) is 11.4 Å². The van der Waals surface area contributed by atoms with Gasteiger partial charge in [-0.2, -0.15) is 9.61 Å². The van der Waals surface area contributed by atoms with Crippen LogP contribution < -0.4 is 5.56 Å². The number of carbonyl (C=O) groups excluding carboxylic acids is 1. The number of H-pyrrole nitrogens is 1. The number of hydrogen-bond acceptors (Lipinski definition) is 4. The van der Waals surface area contributed by atoms with Crippen molar-refractivity contribution in [2.24, 2.45) is 0 Å². The topological polar surface area (TPSA) is 83.4 Å². The fourth-order valence-electron chi connectivity index (χ4n) is 2.94. The second-order valence-corrected chi connectivity index (χ2v) is 6.36. The fourth-order valence-corrected chi connectivity index (χ4v) is 2.94. The van der Waals surface area contributed by atoms with Gasteiger partial charge in [0.2, 0.25) is 0 Å². The van der Waals surface area contributed by atoms with Crippen molar-refractivity contribution in [1.29, 1.82) is 0 Å². The molecule has 3 aromatic rings. The highest BCUT2D eigenvalue weighted by molar-refractivity contribution is 5.97. The van der Waals surface area contributed by atoms with E-state index in [1.807, 2.05) is 32.9 Å². The molecule has 1 aliphatic rings. The van der Waals surface area contributed by atoms with E-state index in [-0.39, 0.29) is 17.5 Å². The monoisotopic (exact) mass is 323 g/mol. The molecule has 4 rings (SSSR count). The van der Waals surface area contributed by atoms with Gasteiger partial charge in [-0.25, -0.2) is 0 Å². The van der Waals surface area contributed by atoms with Crippen LogP contribution >= 0.6 is 0 Å². The van der Waals surface area contributed by atoms with Crippen LogP contribution in [0.25, 0.3) is 17.0 Å². The minimum Gasteiger partial charge on any atom is -0.335 e. The normalized spacial score (nSPS) is 14.0. The third kappa shape index (κ3) is 2.05. The maximum atomic E-state index is 12.7. The minimum absolute atomic E-state index is 0.0392. The average molecular weight is 323 g/mol. The smallest absolute Gasteiger partial charge is 0.280 e. The third-order valence-corrected chi connectivity index (χ3v) is 4.32. The van der Waals surface area contributed by atoms with Gasteiger partial charge in [-0.1, -0.05) is 6.07 Å². The second kappa shape index (κ2) is 5.02. The summed E-state index contributed by atoms with van der Waals surface area (Å²) in [5.74, 6) is -0.143. The van der Waals surface area contributed by atoms with Crippen LogP contribution in [0.5, 0.6) is 0 Å². The van der Waals surface area contributed by atoms with Gasteiger partial charge < -0.3 is 9.88 Å². The maximum Gasteiger partial charge on any atom is 0.280 e. The zero-order valence-electron chi connectivity index (χ0n) is 13.7. The number of aryl methyl sites for hydroxylation is 1. The number of pyridine rings is 1. The Bertz CT molecular complexity index is 1010. The van der Waals surface area contributed by atoms with E-state index < -0.39 is 0 Å². The number of aromatic nitrogens is 4. The Hall–Kier alpha value is -2.96. The average Bonchev–Trinajstić information content (AvgIpc) is 3.11. The van der Waals surface area contributed by atoms with E-state index in [2.05, 4.69) is 15.1 Å². The van der Waals surface area contributed by atoms with Gasteiger partial charge in [0.25, 0.3) is 11.5 Å². The van der Waals surface area contributed by atoms with Crippen LogP contribution in [0.2, 0.25) is 0 Å². The molecule has 0 aliphatic carbocycles. The lowest BCUT2D eigenvalue weighted by Crippen LogP contribution is -2.31. The lowest BCUT2D eigenvalue weighted by atomic mass is 10.2.